The van der Waals surface area contributed by atoms with Gasteiger partial charge in [-0.1, -0.05) is 12.1 Å². The first kappa shape index (κ1) is 22.2. The zero-order valence-electron chi connectivity index (χ0n) is 19.5. The van der Waals surface area contributed by atoms with Gasteiger partial charge in [-0.05, 0) is 60.8 Å². The maximum Gasteiger partial charge on any atom is 0.156 e. The molecule has 4 aromatic rings. The van der Waals surface area contributed by atoms with Gasteiger partial charge in [0.15, 0.2) is 17.6 Å². The van der Waals surface area contributed by atoms with Crippen molar-refractivity contribution in [1.82, 2.24) is 20.0 Å². The van der Waals surface area contributed by atoms with Gasteiger partial charge in [-0.2, -0.15) is 10.4 Å². The molecule has 1 aromatic heterocycles. The number of benzene rings is 3. The first-order chi connectivity index (χ1) is 17.5. The monoisotopic (exact) mass is 481 g/mol. The lowest BCUT2D eigenvalue weighted by molar-refractivity contribution is 0.467. The molecule has 0 unspecified atom stereocenters. The summed E-state index contributed by atoms with van der Waals surface area (Å²) < 4.78 is 32.4. The number of aromatic nitrogens is 2. The van der Waals surface area contributed by atoms with Crippen LogP contribution in [0.25, 0.3) is 33.5 Å². The SMILES string of the molecule is CN1CCc2ccc(-c3nn(-c4c(F)cc5c(c4F)CNCC5)c4cc(C#N)ccc34)cc2C1=C=O. The molecule has 6 nitrogen and oxygen atoms in total. The second-order valence-corrected chi connectivity index (χ2v) is 9.18. The van der Waals surface area contributed by atoms with E-state index in [1.165, 1.54) is 10.7 Å². The fourth-order valence-corrected chi connectivity index (χ4v) is 5.21. The molecule has 3 aromatic carbocycles. The van der Waals surface area contributed by atoms with E-state index in [2.05, 4.69) is 16.5 Å². The predicted octanol–water partition coefficient (Wildman–Crippen LogP) is 4.15. The van der Waals surface area contributed by atoms with Crippen LogP contribution in [-0.4, -0.2) is 40.8 Å². The van der Waals surface area contributed by atoms with Crippen LogP contribution in [0.3, 0.4) is 0 Å². The molecule has 0 fully saturated rings. The van der Waals surface area contributed by atoms with E-state index in [1.807, 2.05) is 36.1 Å². The Morgan fingerprint density at radius 2 is 1.94 bits per heavy atom. The van der Waals surface area contributed by atoms with Crippen molar-refractivity contribution in [2.45, 2.75) is 19.4 Å². The van der Waals surface area contributed by atoms with E-state index < -0.39 is 11.6 Å². The highest BCUT2D eigenvalue weighted by Gasteiger charge is 2.26. The van der Waals surface area contributed by atoms with Crippen LogP contribution in [0, 0.1) is 23.0 Å². The van der Waals surface area contributed by atoms with Crippen molar-refractivity contribution in [3.8, 4) is 23.0 Å². The Balaban J connectivity index is 1.61. The summed E-state index contributed by atoms with van der Waals surface area (Å²) in [7, 11) is 1.85. The molecule has 0 amide bonds. The number of hydrogen-bond acceptors (Lipinski definition) is 5. The molecular weight excluding hydrogens is 460 g/mol. The highest BCUT2D eigenvalue weighted by atomic mass is 19.1. The Morgan fingerprint density at radius 3 is 2.75 bits per heavy atom. The van der Waals surface area contributed by atoms with Crippen LogP contribution in [-0.2, 0) is 24.2 Å². The van der Waals surface area contributed by atoms with Crippen LogP contribution in [0.4, 0.5) is 8.78 Å². The Bertz CT molecular complexity index is 1660. The van der Waals surface area contributed by atoms with E-state index in [0.29, 0.717) is 64.1 Å². The topological polar surface area (TPSA) is 74.0 Å². The van der Waals surface area contributed by atoms with Gasteiger partial charge in [-0.15, -0.1) is 0 Å². The molecule has 0 atom stereocenters. The summed E-state index contributed by atoms with van der Waals surface area (Å²) in [4.78, 5) is 13.6. The molecule has 2 aliphatic rings. The third-order valence-corrected chi connectivity index (χ3v) is 7.12. The maximum absolute atomic E-state index is 15.7. The fraction of sp³-hybridized carbons (Fsp3) is 0.214. The summed E-state index contributed by atoms with van der Waals surface area (Å²) in [5, 5.41) is 17.9. The molecule has 3 heterocycles. The highest BCUT2D eigenvalue weighted by molar-refractivity contribution is 5.96. The quantitative estimate of drug-likeness (QED) is 0.436. The number of fused-ring (bicyclic) bond motifs is 3. The predicted molar refractivity (Wildman–Crippen MR) is 132 cm³/mol. The van der Waals surface area contributed by atoms with Crippen molar-refractivity contribution in [2.75, 3.05) is 20.1 Å². The molecule has 1 N–H and O–H groups in total. The number of likely N-dealkylation sites (N-methyl/N-ethyl adjacent to an activating group) is 1. The summed E-state index contributed by atoms with van der Waals surface area (Å²) in [5.74, 6) is 0.679. The van der Waals surface area contributed by atoms with Gasteiger partial charge in [0.05, 0.1) is 17.1 Å². The third-order valence-electron chi connectivity index (χ3n) is 7.12. The summed E-state index contributed by atoms with van der Waals surface area (Å²) in [6, 6.07) is 14.2. The van der Waals surface area contributed by atoms with Crippen LogP contribution in [0.5, 0.6) is 0 Å². The molecule has 2 aliphatic heterocycles. The zero-order chi connectivity index (χ0) is 25.0. The molecule has 0 aliphatic carbocycles. The van der Waals surface area contributed by atoms with Crippen LogP contribution in [0.2, 0.25) is 0 Å². The van der Waals surface area contributed by atoms with Gasteiger partial charge >= 0.3 is 0 Å². The zero-order valence-corrected chi connectivity index (χ0v) is 19.5. The molecule has 0 bridgehead atoms. The van der Waals surface area contributed by atoms with Gasteiger partial charge in [0.2, 0.25) is 0 Å². The molecule has 0 radical (unpaired) electrons. The number of nitriles is 1. The highest BCUT2D eigenvalue weighted by Crippen LogP contribution is 2.36. The van der Waals surface area contributed by atoms with Crippen molar-refractivity contribution < 1.29 is 13.6 Å². The van der Waals surface area contributed by atoms with Crippen LogP contribution in [0.1, 0.15) is 27.8 Å². The summed E-state index contributed by atoms with van der Waals surface area (Å²) >= 11 is 0. The summed E-state index contributed by atoms with van der Waals surface area (Å²) in [6.45, 7) is 1.69. The molecule has 8 heteroatoms. The van der Waals surface area contributed by atoms with Crippen molar-refractivity contribution in [3.63, 3.8) is 0 Å². The molecule has 0 saturated heterocycles. The summed E-state index contributed by atoms with van der Waals surface area (Å²) in [5.41, 5.74) is 5.06. The van der Waals surface area contributed by atoms with E-state index in [0.717, 1.165) is 24.1 Å². The Morgan fingerprint density at radius 1 is 1.08 bits per heavy atom. The standard InChI is InChI=1S/C28H21F2N5O/c1-34-9-7-17-3-4-19(11-21(17)25(34)15-36)27-20-5-2-16(13-31)10-24(20)35(33-27)28-23(29)12-18-6-8-32-14-22(18)26(28)30/h2-5,10-12,32H,6-9,14H2,1H3. The number of carbonyl (C=O) groups excluding carboxylic acids is 1. The first-order valence-electron chi connectivity index (χ1n) is 11.7. The van der Waals surface area contributed by atoms with E-state index >= 15 is 8.78 Å². The molecule has 36 heavy (non-hydrogen) atoms. The first-order valence-corrected chi connectivity index (χ1v) is 11.7. The van der Waals surface area contributed by atoms with Gasteiger partial charge < -0.3 is 10.2 Å². The van der Waals surface area contributed by atoms with Crippen molar-refractivity contribution >= 4 is 22.5 Å². The number of rotatable bonds is 2. The average Bonchev–Trinajstić information content (AvgIpc) is 3.26. The van der Waals surface area contributed by atoms with E-state index in [4.69, 9.17) is 0 Å². The van der Waals surface area contributed by atoms with Gasteiger partial charge in [-0.3, -0.25) is 0 Å². The number of nitrogens with one attached hydrogen (secondary N) is 1. The maximum atomic E-state index is 15.7. The van der Waals surface area contributed by atoms with Crippen LogP contribution < -0.4 is 5.32 Å². The summed E-state index contributed by atoms with van der Waals surface area (Å²) in [6.07, 6.45) is 1.33. The van der Waals surface area contributed by atoms with Crippen LogP contribution in [0.15, 0.2) is 42.5 Å². The lowest BCUT2D eigenvalue weighted by Gasteiger charge is -2.27. The third kappa shape index (κ3) is 3.33. The largest absolute Gasteiger partial charge is 0.365 e. The number of nitrogens with zero attached hydrogens (tertiary/aromatic N) is 4. The number of halogens is 2. The second kappa shape index (κ2) is 8.42. The van der Waals surface area contributed by atoms with Crippen molar-refractivity contribution in [3.05, 3.63) is 81.9 Å². The minimum absolute atomic E-state index is 0.269. The Labute approximate surface area is 206 Å². The molecule has 6 rings (SSSR count). The fourth-order valence-electron chi connectivity index (χ4n) is 5.21. The average molecular weight is 482 g/mol. The van der Waals surface area contributed by atoms with Crippen molar-refractivity contribution in [1.29, 1.82) is 5.26 Å². The van der Waals surface area contributed by atoms with E-state index in [1.54, 1.807) is 18.2 Å². The van der Waals surface area contributed by atoms with Crippen molar-refractivity contribution in [2.24, 2.45) is 0 Å². The molecule has 0 saturated carbocycles. The number of hydrogen-bond donors (Lipinski definition) is 1. The lowest BCUT2D eigenvalue weighted by Crippen LogP contribution is -2.26. The molecule has 0 spiro atoms. The normalized spacial score (nSPS) is 14.8. The second-order valence-electron chi connectivity index (χ2n) is 9.18. The Hall–Kier alpha value is -4.31. The van der Waals surface area contributed by atoms with E-state index in [-0.39, 0.29) is 5.69 Å². The minimum atomic E-state index is -0.704. The van der Waals surface area contributed by atoms with Gasteiger partial charge in [0.25, 0.3) is 0 Å². The lowest BCUT2D eigenvalue weighted by atomic mass is 9.94. The smallest absolute Gasteiger partial charge is 0.156 e. The minimum Gasteiger partial charge on any atom is -0.365 e. The van der Waals surface area contributed by atoms with Gasteiger partial charge in [-0.25, -0.2) is 18.3 Å². The molecular formula is C28H21F2N5O. The van der Waals surface area contributed by atoms with Gasteiger partial charge in [0.1, 0.15) is 17.1 Å². The van der Waals surface area contributed by atoms with E-state index in [9.17, 15) is 10.1 Å². The molecule has 178 valence electrons. The Kier molecular flexibility index (Phi) is 5.18. The van der Waals surface area contributed by atoms with Gasteiger partial charge in [0, 0.05) is 42.2 Å². The van der Waals surface area contributed by atoms with Crippen LogP contribution >= 0.6 is 0 Å².